The predicted octanol–water partition coefficient (Wildman–Crippen LogP) is -2.94. The number of hydrogen-bond acceptors (Lipinski definition) is 3. The van der Waals surface area contributed by atoms with Crippen LogP contribution in [0.3, 0.4) is 0 Å². The van der Waals surface area contributed by atoms with Gasteiger partial charge in [-0.05, 0) is 25.1 Å². The largest absolute Gasteiger partial charge is 1.00 e. The smallest absolute Gasteiger partial charge is 0.139 e. The standard InChI is InChI=1S/C13H21NO3.ClH/c1-13(15,9-14(2)3)11-8-10(16-4)6-7-12(11)17-5;/h6-8,15H,9H2,1-5H3;1H. The molecular formula is C13H22ClNO3. The van der Waals surface area contributed by atoms with Crippen LogP contribution in [0, 0.1) is 0 Å². The number of ether oxygens (including phenoxy) is 2. The molecule has 1 rings (SSSR count). The van der Waals surface area contributed by atoms with Gasteiger partial charge in [-0.2, -0.15) is 0 Å². The van der Waals surface area contributed by atoms with Gasteiger partial charge < -0.3 is 31.9 Å². The zero-order valence-electron chi connectivity index (χ0n) is 11.6. The maximum Gasteiger partial charge on any atom is 0.139 e. The minimum atomic E-state index is -0.946. The molecular weight excluding hydrogens is 254 g/mol. The van der Waals surface area contributed by atoms with Gasteiger partial charge in [0.25, 0.3) is 0 Å². The number of quaternary nitrogens is 1. The molecule has 0 aliphatic heterocycles. The quantitative estimate of drug-likeness (QED) is 0.604. The van der Waals surface area contributed by atoms with Crippen LogP contribution in [0.5, 0.6) is 11.5 Å². The highest BCUT2D eigenvalue weighted by atomic mass is 35.5. The average molecular weight is 276 g/mol. The molecule has 0 saturated carbocycles. The number of benzene rings is 1. The lowest BCUT2D eigenvalue weighted by atomic mass is 9.94. The van der Waals surface area contributed by atoms with Crippen molar-refractivity contribution in [3.63, 3.8) is 0 Å². The normalized spacial score (nSPS) is 13.7. The number of aliphatic hydroxyl groups is 1. The molecule has 104 valence electrons. The molecule has 0 heterocycles. The molecule has 0 radical (unpaired) electrons. The van der Waals surface area contributed by atoms with E-state index in [9.17, 15) is 5.11 Å². The lowest BCUT2D eigenvalue weighted by Gasteiger charge is -2.27. The molecule has 0 aromatic heterocycles. The molecule has 0 aliphatic carbocycles. The summed E-state index contributed by atoms with van der Waals surface area (Å²) >= 11 is 0. The molecule has 1 aromatic rings. The minimum Gasteiger partial charge on any atom is -1.00 e. The summed E-state index contributed by atoms with van der Waals surface area (Å²) in [5.41, 5.74) is -0.195. The Bertz CT molecular complexity index is 380. The predicted molar refractivity (Wildman–Crippen MR) is 66.8 cm³/mol. The minimum absolute atomic E-state index is 0. The van der Waals surface area contributed by atoms with E-state index in [1.165, 1.54) is 4.90 Å². The third-order valence-electron chi connectivity index (χ3n) is 2.68. The zero-order valence-corrected chi connectivity index (χ0v) is 12.3. The first-order valence-corrected chi connectivity index (χ1v) is 5.64. The molecule has 2 N–H and O–H groups in total. The van der Waals surface area contributed by atoms with Crippen LogP contribution in [0.1, 0.15) is 12.5 Å². The lowest BCUT2D eigenvalue weighted by Crippen LogP contribution is -3.07. The summed E-state index contributed by atoms with van der Waals surface area (Å²) in [5.74, 6) is 1.40. The number of hydrogen-bond donors (Lipinski definition) is 2. The monoisotopic (exact) mass is 275 g/mol. The number of halogens is 1. The van der Waals surface area contributed by atoms with Gasteiger partial charge in [-0.1, -0.05) is 0 Å². The second-order valence-electron chi connectivity index (χ2n) is 4.72. The topological polar surface area (TPSA) is 43.1 Å². The summed E-state index contributed by atoms with van der Waals surface area (Å²) < 4.78 is 10.5. The van der Waals surface area contributed by atoms with E-state index >= 15 is 0 Å². The Kier molecular flexibility index (Phi) is 6.46. The Hall–Kier alpha value is -0.970. The van der Waals surface area contributed by atoms with E-state index in [-0.39, 0.29) is 12.4 Å². The Morgan fingerprint density at radius 2 is 1.83 bits per heavy atom. The first-order valence-electron chi connectivity index (χ1n) is 5.64. The fraction of sp³-hybridized carbons (Fsp3) is 0.538. The fourth-order valence-electron chi connectivity index (χ4n) is 2.02. The van der Waals surface area contributed by atoms with Crippen LogP contribution >= 0.6 is 0 Å². The molecule has 0 bridgehead atoms. The number of methoxy groups -OCH3 is 2. The van der Waals surface area contributed by atoms with Crippen LogP contribution in [-0.2, 0) is 5.60 Å². The van der Waals surface area contributed by atoms with Crippen molar-refractivity contribution < 1.29 is 31.9 Å². The molecule has 18 heavy (non-hydrogen) atoms. The van der Waals surface area contributed by atoms with E-state index in [1.54, 1.807) is 21.1 Å². The Morgan fingerprint density at radius 1 is 1.22 bits per heavy atom. The maximum atomic E-state index is 10.5. The summed E-state index contributed by atoms with van der Waals surface area (Å²) in [4.78, 5) is 1.17. The zero-order chi connectivity index (χ0) is 13.1. The lowest BCUT2D eigenvalue weighted by molar-refractivity contribution is -0.866. The van der Waals surface area contributed by atoms with Gasteiger partial charge in [-0.25, -0.2) is 0 Å². The fourth-order valence-corrected chi connectivity index (χ4v) is 2.02. The molecule has 1 atom stereocenters. The van der Waals surface area contributed by atoms with Crippen LogP contribution in [0.2, 0.25) is 0 Å². The second kappa shape index (κ2) is 6.83. The van der Waals surface area contributed by atoms with Gasteiger partial charge in [0.2, 0.25) is 0 Å². The number of likely N-dealkylation sites (N-methyl/N-ethyl adjacent to an activating group) is 1. The van der Waals surface area contributed by atoms with Crippen molar-refractivity contribution in [1.29, 1.82) is 0 Å². The summed E-state index contributed by atoms with van der Waals surface area (Å²) in [7, 11) is 7.21. The van der Waals surface area contributed by atoms with Crippen LogP contribution in [0.25, 0.3) is 0 Å². The molecule has 1 unspecified atom stereocenters. The van der Waals surface area contributed by atoms with Crippen molar-refractivity contribution in [2.24, 2.45) is 0 Å². The van der Waals surface area contributed by atoms with Gasteiger partial charge >= 0.3 is 0 Å². The summed E-state index contributed by atoms with van der Waals surface area (Å²) in [6, 6.07) is 5.45. The molecule has 0 fully saturated rings. The summed E-state index contributed by atoms with van der Waals surface area (Å²) in [6.07, 6.45) is 0. The first-order chi connectivity index (χ1) is 7.90. The van der Waals surface area contributed by atoms with Crippen LogP contribution < -0.4 is 26.8 Å². The molecule has 0 spiro atoms. The third kappa shape index (κ3) is 4.05. The van der Waals surface area contributed by atoms with E-state index in [1.807, 2.05) is 32.3 Å². The summed E-state index contributed by atoms with van der Waals surface area (Å²) in [6.45, 7) is 2.38. The van der Waals surface area contributed by atoms with Gasteiger partial charge in [-0.15, -0.1) is 0 Å². The highest BCUT2D eigenvalue weighted by Crippen LogP contribution is 2.32. The molecule has 4 nitrogen and oxygen atoms in total. The van der Waals surface area contributed by atoms with E-state index in [0.717, 1.165) is 11.3 Å². The van der Waals surface area contributed by atoms with Crippen LogP contribution in [0.15, 0.2) is 18.2 Å². The van der Waals surface area contributed by atoms with Gasteiger partial charge in [0.1, 0.15) is 23.6 Å². The Morgan fingerprint density at radius 3 is 2.28 bits per heavy atom. The number of rotatable bonds is 5. The van der Waals surface area contributed by atoms with Crippen molar-refractivity contribution in [1.82, 2.24) is 0 Å². The SMILES string of the molecule is COc1ccc(OC)c(C(C)(O)C[NH+](C)C)c1.[Cl-]. The van der Waals surface area contributed by atoms with Crippen molar-refractivity contribution >= 4 is 0 Å². The van der Waals surface area contributed by atoms with E-state index in [2.05, 4.69) is 0 Å². The summed E-state index contributed by atoms with van der Waals surface area (Å²) in [5, 5.41) is 10.5. The molecule has 5 heteroatoms. The molecule has 0 saturated heterocycles. The van der Waals surface area contributed by atoms with Crippen molar-refractivity contribution in [2.45, 2.75) is 12.5 Å². The Labute approximate surface area is 115 Å². The average Bonchev–Trinajstić information content (AvgIpc) is 2.26. The van der Waals surface area contributed by atoms with Gasteiger partial charge in [-0.3, -0.25) is 0 Å². The van der Waals surface area contributed by atoms with Crippen molar-refractivity contribution in [2.75, 3.05) is 34.9 Å². The van der Waals surface area contributed by atoms with Gasteiger partial charge in [0.15, 0.2) is 0 Å². The van der Waals surface area contributed by atoms with E-state index in [4.69, 9.17) is 9.47 Å². The number of nitrogens with one attached hydrogen (secondary N) is 1. The van der Waals surface area contributed by atoms with Gasteiger partial charge in [0.05, 0.1) is 28.3 Å². The van der Waals surface area contributed by atoms with E-state index in [0.29, 0.717) is 12.3 Å². The molecule has 1 aromatic carbocycles. The third-order valence-corrected chi connectivity index (χ3v) is 2.68. The molecule has 0 amide bonds. The van der Waals surface area contributed by atoms with Crippen molar-refractivity contribution in [3.8, 4) is 11.5 Å². The second-order valence-corrected chi connectivity index (χ2v) is 4.72. The van der Waals surface area contributed by atoms with Crippen molar-refractivity contribution in [3.05, 3.63) is 23.8 Å². The van der Waals surface area contributed by atoms with Crippen LogP contribution in [-0.4, -0.2) is 40.0 Å². The van der Waals surface area contributed by atoms with Gasteiger partial charge in [0, 0.05) is 5.56 Å². The van der Waals surface area contributed by atoms with E-state index < -0.39 is 5.60 Å². The Balaban J connectivity index is 0.00000289. The highest BCUT2D eigenvalue weighted by Gasteiger charge is 2.30. The molecule has 0 aliphatic rings. The highest BCUT2D eigenvalue weighted by molar-refractivity contribution is 5.43. The maximum absolute atomic E-state index is 10.5. The van der Waals surface area contributed by atoms with Crippen LogP contribution in [0.4, 0.5) is 0 Å². The first kappa shape index (κ1) is 17.0.